The van der Waals surface area contributed by atoms with Gasteiger partial charge in [-0.3, -0.25) is 4.79 Å². The van der Waals surface area contributed by atoms with Crippen LogP contribution in [0.3, 0.4) is 0 Å². The number of hydrogen-bond acceptors (Lipinski definition) is 3. The van der Waals surface area contributed by atoms with Crippen molar-refractivity contribution in [2.24, 2.45) is 5.73 Å². The van der Waals surface area contributed by atoms with Crippen molar-refractivity contribution >= 4 is 5.78 Å². The van der Waals surface area contributed by atoms with Crippen LogP contribution in [0.2, 0.25) is 0 Å². The van der Waals surface area contributed by atoms with E-state index >= 15 is 0 Å². The van der Waals surface area contributed by atoms with Gasteiger partial charge in [0.2, 0.25) is 5.78 Å². The van der Waals surface area contributed by atoms with Gasteiger partial charge < -0.3 is 10.3 Å². The van der Waals surface area contributed by atoms with Gasteiger partial charge in [0, 0.05) is 19.3 Å². The van der Waals surface area contributed by atoms with Crippen LogP contribution in [0.5, 0.6) is 0 Å². The highest BCUT2D eigenvalue weighted by Crippen LogP contribution is 2.15. The maximum atomic E-state index is 13.4. The van der Waals surface area contributed by atoms with E-state index in [0.29, 0.717) is 13.1 Å². The van der Waals surface area contributed by atoms with Crippen LogP contribution in [-0.2, 0) is 6.54 Å². The molecule has 0 fully saturated rings. The molecule has 0 radical (unpaired) electrons. The molecule has 0 amide bonds. The Morgan fingerprint density at radius 3 is 2.89 bits per heavy atom. The van der Waals surface area contributed by atoms with Gasteiger partial charge in [0.1, 0.15) is 5.69 Å². The predicted octanol–water partition coefficient (Wildman–Crippen LogP) is 1.35. The van der Waals surface area contributed by atoms with Gasteiger partial charge in [-0.2, -0.15) is 0 Å². The molecule has 0 spiro atoms. The Bertz CT molecular complexity index is 580. The van der Waals surface area contributed by atoms with Crippen molar-refractivity contribution in [2.45, 2.75) is 6.54 Å². The molecule has 18 heavy (non-hydrogen) atoms. The highest BCUT2D eigenvalue weighted by molar-refractivity contribution is 6.07. The zero-order valence-corrected chi connectivity index (χ0v) is 9.44. The van der Waals surface area contributed by atoms with Crippen molar-refractivity contribution in [1.29, 1.82) is 0 Å². The molecule has 2 rings (SSSR count). The summed E-state index contributed by atoms with van der Waals surface area (Å²) in [6.45, 7) is 0.907. The SMILES string of the molecule is NCCn1cnc(C(=O)c2cccc(F)c2F)c1. The van der Waals surface area contributed by atoms with E-state index in [9.17, 15) is 13.6 Å². The number of rotatable bonds is 4. The quantitative estimate of drug-likeness (QED) is 0.834. The Balaban J connectivity index is 2.32. The van der Waals surface area contributed by atoms with E-state index in [4.69, 9.17) is 5.73 Å². The minimum absolute atomic E-state index is 0.0629. The highest BCUT2D eigenvalue weighted by Gasteiger charge is 2.18. The minimum atomic E-state index is -1.16. The largest absolute Gasteiger partial charge is 0.335 e. The molecule has 0 aliphatic rings. The van der Waals surface area contributed by atoms with E-state index in [-0.39, 0.29) is 11.3 Å². The molecule has 0 aliphatic heterocycles. The van der Waals surface area contributed by atoms with E-state index in [2.05, 4.69) is 4.98 Å². The molecule has 1 aromatic carbocycles. The third-order valence-corrected chi connectivity index (χ3v) is 2.45. The number of hydrogen-bond donors (Lipinski definition) is 1. The molecule has 0 atom stereocenters. The fourth-order valence-corrected chi connectivity index (χ4v) is 1.57. The van der Waals surface area contributed by atoms with Crippen LogP contribution in [0.4, 0.5) is 8.78 Å². The lowest BCUT2D eigenvalue weighted by atomic mass is 10.1. The van der Waals surface area contributed by atoms with Gasteiger partial charge in [0.05, 0.1) is 11.9 Å². The highest BCUT2D eigenvalue weighted by atomic mass is 19.2. The summed E-state index contributed by atoms with van der Waals surface area (Å²) in [4.78, 5) is 15.8. The molecule has 0 unspecified atom stereocenters. The number of benzene rings is 1. The Hall–Kier alpha value is -2.08. The molecule has 2 aromatic rings. The molecule has 94 valence electrons. The Labute approximate surface area is 102 Å². The monoisotopic (exact) mass is 251 g/mol. The topological polar surface area (TPSA) is 60.9 Å². The van der Waals surface area contributed by atoms with Crippen molar-refractivity contribution in [1.82, 2.24) is 9.55 Å². The number of aromatic nitrogens is 2. The van der Waals surface area contributed by atoms with Crippen LogP contribution < -0.4 is 5.73 Å². The summed E-state index contributed by atoms with van der Waals surface area (Å²) in [6.07, 6.45) is 2.89. The normalized spacial score (nSPS) is 10.6. The van der Waals surface area contributed by atoms with Crippen molar-refractivity contribution in [2.75, 3.05) is 6.54 Å². The average molecular weight is 251 g/mol. The van der Waals surface area contributed by atoms with Crippen LogP contribution in [0.25, 0.3) is 0 Å². The van der Waals surface area contributed by atoms with E-state index in [1.165, 1.54) is 24.7 Å². The second-order valence-electron chi connectivity index (χ2n) is 3.72. The second-order valence-corrected chi connectivity index (χ2v) is 3.72. The van der Waals surface area contributed by atoms with Crippen LogP contribution in [0.15, 0.2) is 30.7 Å². The standard InChI is InChI=1S/C12H11F2N3O/c13-9-3-1-2-8(11(9)14)12(18)10-6-17(5-4-15)7-16-10/h1-3,6-7H,4-5,15H2. The minimum Gasteiger partial charge on any atom is -0.335 e. The summed E-state index contributed by atoms with van der Waals surface area (Å²) in [5.41, 5.74) is 5.09. The van der Waals surface area contributed by atoms with Gasteiger partial charge >= 0.3 is 0 Å². The number of ketones is 1. The average Bonchev–Trinajstić information content (AvgIpc) is 2.81. The van der Waals surface area contributed by atoms with Crippen LogP contribution >= 0.6 is 0 Å². The van der Waals surface area contributed by atoms with Gasteiger partial charge in [-0.15, -0.1) is 0 Å². The summed E-state index contributed by atoms with van der Waals surface area (Å²) in [5.74, 6) is -2.86. The van der Waals surface area contributed by atoms with E-state index in [0.717, 1.165) is 6.07 Å². The number of halogens is 2. The first kappa shape index (κ1) is 12.4. The van der Waals surface area contributed by atoms with Gasteiger partial charge in [-0.25, -0.2) is 13.8 Å². The first-order valence-corrected chi connectivity index (χ1v) is 5.34. The van der Waals surface area contributed by atoms with Crippen LogP contribution in [-0.4, -0.2) is 21.9 Å². The summed E-state index contributed by atoms with van der Waals surface area (Å²) in [6, 6.07) is 3.46. The summed E-state index contributed by atoms with van der Waals surface area (Å²) >= 11 is 0. The molecule has 0 saturated carbocycles. The van der Waals surface area contributed by atoms with Crippen LogP contribution in [0.1, 0.15) is 16.1 Å². The maximum absolute atomic E-state index is 13.4. The first-order valence-electron chi connectivity index (χ1n) is 5.34. The molecule has 4 nitrogen and oxygen atoms in total. The fraction of sp³-hybridized carbons (Fsp3) is 0.167. The first-order chi connectivity index (χ1) is 8.63. The lowest BCUT2D eigenvalue weighted by molar-refractivity contribution is 0.103. The molecule has 1 heterocycles. The molecule has 0 saturated heterocycles. The maximum Gasteiger partial charge on any atom is 0.215 e. The number of nitrogens with zero attached hydrogens (tertiary/aromatic N) is 2. The van der Waals surface area contributed by atoms with Gasteiger partial charge in [-0.05, 0) is 12.1 Å². The van der Waals surface area contributed by atoms with E-state index < -0.39 is 17.4 Å². The molecule has 1 aromatic heterocycles. The number of imidazole rings is 1. The van der Waals surface area contributed by atoms with Gasteiger partial charge in [0.15, 0.2) is 11.6 Å². The second kappa shape index (κ2) is 5.05. The van der Waals surface area contributed by atoms with Gasteiger partial charge in [-0.1, -0.05) is 6.07 Å². The molecule has 2 N–H and O–H groups in total. The number of carbonyl (C=O) groups excluding carboxylic acids is 1. The van der Waals surface area contributed by atoms with Crippen LogP contribution in [0, 0.1) is 11.6 Å². The van der Waals surface area contributed by atoms with Crippen molar-refractivity contribution in [3.8, 4) is 0 Å². The lowest BCUT2D eigenvalue weighted by Gasteiger charge is -2.00. The Kier molecular flexibility index (Phi) is 3.47. The number of nitrogens with two attached hydrogens (primary N) is 1. The zero-order chi connectivity index (χ0) is 13.1. The van der Waals surface area contributed by atoms with Crippen molar-refractivity contribution < 1.29 is 13.6 Å². The smallest absolute Gasteiger partial charge is 0.215 e. The van der Waals surface area contributed by atoms with E-state index in [1.807, 2.05) is 0 Å². The molecular weight excluding hydrogens is 240 g/mol. The third-order valence-electron chi connectivity index (χ3n) is 2.45. The fourth-order valence-electron chi connectivity index (χ4n) is 1.57. The summed E-state index contributed by atoms with van der Waals surface area (Å²) < 4.78 is 28.1. The van der Waals surface area contributed by atoms with Crippen molar-refractivity contribution in [3.05, 3.63) is 53.6 Å². The summed E-state index contributed by atoms with van der Waals surface area (Å²) in [5, 5.41) is 0. The molecular formula is C12H11F2N3O. The molecule has 0 bridgehead atoms. The van der Waals surface area contributed by atoms with E-state index in [1.54, 1.807) is 4.57 Å². The molecule has 0 aliphatic carbocycles. The summed E-state index contributed by atoms with van der Waals surface area (Å²) in [7, 11) is 0. The van der Waals surface area contributed by atoms with Crippen molar-refractivity contribution in [3.63, 3.8) is 0 Å². The third kappa shape index (κ3) is 2.28. The van der Waals surface area contributed by atoms with Gasteiger partial charge in [0.25, 0.3) is 0 Å². The molecule has 6 heteroatoms. The zero-order valence-electron chi connectivity index (χ0n) is 9.44. The Morgan fingerprint density at radius 1 is 1.39 bits per heavy atom. The predicted molar refractivity (Wildman–Crippen MR) is 61.1 cm³/mol. The Morgan fingerprint density at radius 2 is 2.17 bits per heavy atom. The lowest BCUT2D eigenvalue weighted by Crippen LogP contribution is -2.09. The number of carbonyl (C=O) groups is 1.